The summed E-state index contributed by atoms with van der Waals surface area (Å²) in [5.41, 5.74) is 0.663. The molecular weight excluding hydrogens is 292 g/mol. The third kappa shape index (κ3) is 4.54. The minimum atomic E-state index is -0.0871. The molecule has 1 aromatic heterocycles. The molecule has 0 aliphatic carbocycles. The monoisotopic (exact) mass is 306 g/mol. The first-order valence-electron chi connectivity index (χ1n) is 6.25. The minimum Gasteiger partial charge on any atom is -0.324 e. The summed E-state index contributed by atoms with van der Waals surface area (Å²) in [6, 6.07) is 13.4. The number of benzene rings is 1. The van der Waals surface area contributed by atoms with Gasteiger partial charge in [0, 0.05) is 16.6 Å². The number of nitrogens with one attached hydrogen (secondary N) is 1. The van der Waals surface area contributed by atoms with Gasteiger partial charge in [0.1, 0.15) is 5.15 Å². The van der Waals surface area contributed by atoms with Crippen LogP contribution in [-0.4, -0.2) is 16.6 Å². The van der Waals surface area contributed by atoms with Crippen LogP contribution < -0.4 is 5.32 Å². The zero-order chi connectivity index (χ0) is 14.4. The van der Waals surface area contributed by atoms with E-state index in [-0.39, 0.29) is 11.8 Å². The molecule has 104 valence electrons. The van der Waals surface area contributed by atoms with Gasteiger partial charge in [-0.25, -0.2) is 4.98 Å². The number of pyridine rings is 1. The maximum atomic E-state index is 12.0. The van der Waals surface area contributed by atoms with Gasteiger partial charge >= 0.3 is 0 Å². The average molecular weight is 307 g/mol. The molecule has 5 heteroatoms. The van der Waals surface area contributed by atoms with Crippen LogP contribution in [0.25, 0.3) is 0 Å². The van der Waals surface area contributed by atoms with Crippen molar-refractivity contribution in [1.29, 1.82) is 0 Å². The lowest BCUT2D eigenvalue weighted by atomic mass is 10.2. The largest absolute Gasteiger partial charge is 0.324 e. The van der Waals surface area contributed by atoms with Crippen molar-refractivity contribution < 1.29 is 4.79 Å². The number of thioether (sulfide) groups is 1. The highest BCUT2D eigenvalue weighted by atomic mass is 35.5. The summed E-state index contributed by atoms with van der Waals surface area (Å²) >= 11 is 7.37. The fourth-order valence-corrected chi connectivity index (χ4v) is 2.58. The smallest absolute Gasteiger partial charge is 0.228 e. The highest BCUT2D eigenvalue weighted by molar-refractivity contribution is 7.99. The molecule has 1 N–H and O–H groups in total. The van der Waals surface area contributed by atoms with Gasteiger partial charge < -0.3 is 5.32 Å². The summed E-state index contributed by atoms with van der Waals surface area (Å²) in [5, 5.41) is 3.24. The Balaban J connectivity index is 1.84. The van der Waals surface area contributed by atoms with Crippen molar-refractivity contribution in [3.8, 4) is 0 Å². The van der Waals surface area contributed by atoms with Gasteiger partial charge in [-0.2, -0.15) is 0 Å². The summed E-state index contributed by atoms with van der Waals surface area (Å²) in [7, 11) is 0. The first-order valence-corrected chi connectivity index (χ1v) is 7.62. The zero-order valence-electron chi connectivity index (χ0n) is 11.0. The minimum absolute atomic E-state index is 0.0162. The van der Waals surface area contributed by atoms with E-state index in [9.17, 15) is 4.79 Å². The number of halogens is 1. The molecule has 2 rings (SSSR count). The molecule has 0 aliphatic rings. The second kappa shape index (κ2) is 7.31. The highest BCUT2D eigenvalue weighted by Gasteiger charge is 2.13. The molecule has 20 heavy (non-hydrogen) atoms. The zero-order valence-corrected chi connectivity index (χ0v) is 12.6. The molecule has 0 aliphatic heterocycles. The third-order valence-corrected chi connectivity index (χ3v) is 4.18. The van der Waals surface area contributed by atoms with Crippen molar-refractivity contribution in [3.63, 3.8) is 0 Å². The summed E-state index contributed by atoms with van der Waals surface area (Å²) in [4.78, 5) is 17.1. The molecule has 3 nitrogen and oxygen atoms in total. The maximum Gasteiger partial charge on any atom is 0.228 e. The van der Waals surface area contributed by atoms with E-state index in [4.69, 9.17) is 11.6 Å². The molecule has 0 saturated carbocycles. The second-order valence-electron chi connectivity index (χ2n) is 4.38. The lowest BCUT2D eigenvalue weighted by molar-refractivity contribution is -0.118. The number of carbonyl (C=O) groups excluding carboxylic acids is 1. The Morgan fingerprint density at radius 3 is 2.70 bits per heavy atom. The first kappa shape index (κ1) is 14.9. The number of nitrogens with zero attached hydrogens (tertiary/aromatic N) is 1. The molecule has 0 spiro atoms. The SMILES string of the molecule is CC(CSc1ccccc1)C(=O)Nc1ccc(Cl)nc1. The number of hydrogen-bond donors (Lipinski definition) is 1. The Kier molecular flexibility index (Phi) is 5.44. The Morgan fingerprint density at radius 2 is 2.05 bits per heavy atom. The molecule has 2 aromatic rings. The molecule has 1 atom stereocenters. The van der Waals surface area contributed by atoms with E-state index in [0.29, 0.717) is 10.8 Å². The molecule has 1 aromatic carbocycles. The van der Waals surface area contributed by atoms with Crippen LogP contribution in [0.15, 0.2) is 53.6 Å². The van der Waals surface area contributed by atoms with Crippen LogP contribution in [0.3, 0.4) is 0 Å². The van der Waals surface area contributed by atoms with Gasteiger partial charge in [-0.05, 0) is 24.3 Å². The van der Waals surface area contributed by atoms with Crippen molar-refractivity contribution in [2.24, 2.45) is 5.92 Å². The van der Waals surface area contributed by atoms with Crippen molar-refractivity contribution in [2.45, 2.75) is 11.8 Å². The number of rotatable bonds is 5. The number of aromatic nitrogens is 1. The molecule has 0 saturated heterocycles. The van der Waals surface area contributed by atoms with Gasteiger partial charge in [0.15, 0.2) is 0 Å². The molecular formula is C15H15ClN2OS. The van der Waals surface area contributed by atoms with Gasteiger partial charge in [0.2, 0.25) is 5.91 Å². The van der Waals surface area contributed by atoms with Crippen LogP contribution in [0, 0.1) is 5.92 Å². The Hall–Kier alpha value is -1.52. The van der Waals surface area contributed by atoms with Crippen LogP contribution in [-0.2, 0) is 4.79 Å². The van der Waals surface area contributed by atoms with E-state index in [0.717, 1.165) is 5.75 Å². The van der Waals surface area contributed by atoms with Crippen LogP contribution in [0.2, 0.25) is 5.15 Å². The van der Waals surface area contributed by atoms with Crippen LogP contribution in [0.5, 0.6) is 0 Å². The van der Waals surface area contributed by atoms with E-state index in [1.807, 2.05) is 37.3 Å². The second-order valence-corrected chi connectivity index (χ2v) is 5.86. The van der Waals surface area contributed by atoms with Gasteiger partial charge in [0.25, 0.3) is 0 Å². The lowest BCUT2D eigenvalue weighted by Gasteiger charge is -2.11. The lowest BCUT2D eigenvalue weighted by Crippen LogP contribution is -2.22. The number of hydrogen-bond acceptors (Lipinski definition) is 3. The Morgan fingerprint density at radius 1 is 1.30 bits per heavy atom. The third-order valence-electron chi connectivity index (χ3n) is 2.69. The number of anilines is 1. The molecule has 1 unspecified atom stereocenters. The van der Waals surface area contributed by atoms with Gasteiger partial charge in [0.05, 0.1) is 11.9 Å². The fourth-order valence-electron chi connectivity index (χ4n) is 1.53. The number of carbonyl (C=O) groups is 1. The van der Waals surface area contributed by atoms with Gasteiger partial charge in [-0.1, -0.05) is 36.7 Å². The van der Waals surface area contributed by atoms with E-state index in [2.05, 4.69) is 10.3 Å². The molecule has 1 heterocycles. The average Bonchev–Trinajstić information content (AvgIpc) is 2.48. The predicted octanol–water partition coefficient (Wildman–Crippen LogP) is 4.10. The molecule has 1 amide bonds. The quantitative estimate of drug-likeness (QED) is 0.668. The van der Waals surface area contributed by atoms with Crippen LogP contribution in [0.1, 0.15) is 6.92 Å². The summed E-state index contributed by atoms with van der Waals surface area (Å²) in [5.74, 6) is 0.630. The predicted molar refractivity (Wildman–Crippen MR) is 84.2 cm³/mol. The van der Waals surface area contributed by atoms with E-state index in [1.54, 1.807) is 30.1 Å². The standard InChI is InChI=1S/C15H15ClN2OS/c1-11(10-20-13-5-3-2-4-6-13)15(19)18-12-7-8-14(16)17-9-12/h2-9,11H,10H2,1H3,(H,18,19). The molecule has 0 radical (unpaired) electrons. The summed E-state index contributed by atoms with van der Waals surface area (Å²) in [6.07, 6.45) is 1.55. The van der Waals surface area contributed by atoms with Crippen molar-refractivity contribution in [1.82, 2.24) is 4.98 Å². The van der Waals surface area contributed by atoms with Gasteiger partial charge in [-0.15, -0.1) is 11.8 Å². The van der Waals surface area contributed by atoms with E-state index >= 15 is 0 Å². The van der Waals surface area contributed by atoms with Crippen LogP contribution in [0.4, 0.5) is 5.69 Å². The van der Waals surface area contributed by atoms with Crippen molar-refractivity contribution >= 4 is 35.0 Å². The molecule has 0 fully saturated rings. The Bertz CT molecular complexity index is 560. The summed E-state index contributed by atoms with van der Waals surface area (Å²) in [6.45, 7) is 1.91. The highest BCUT2D eigenvalue weighted by Crippen LogP contribution is 2.21. The first-order chi connectivity index (χ1) is 9.65. The number of amides is 1. The summed E-state index contributed by atoms with van der Waals surface area (Å²) < 4.78 is 0. The van der Waals surface area contributed by atoms with Gasteiger partial charge in [-0.3, -0.25) is 4.79 Å². The maximum absolute atomic E-state index is 12.0. The van der Waals surface area contributed by atoms with Crippen molar-refractivity contribution in [3.05, 3.63) is 53.8 Å². The van der Waals surface area contributed by atoms with E-state index in [1.165, 1.54) is 4.90 Å². The van der Waals surface area contributed by atoms with E-state index < -0.39 is 0 Å². The van der Waals surface area contributed by atoms with Crippen LogP contribution >= 0.6 is 23.4 Å². The normalized spacial score (nSPS) is 11.9. The Labute approximate surface area is 127 Å². The van der Waals surface area contributed by atoms with Crippen molar-refractivity contribution in [2.75, 3.05) is 11.1 Å². The topological polar surface area (TPSA) is 42.0 Å². The molecule has 0 bridgehead atoms. The fraction of sp³-hybridized carbons (Fsp3) is 0.200.